The molecular weight excluding hydrogens is 454 g/mol. The van der Waals surface area contributed by atoms with E-state index in [9.17, 15) is 14.4 Å². The topological polar surface area (TPSA) is 124 Å². The summed E-state index contributed by atoms with van der Waals surface area (Å²) >= 11 is 0. The predicted molar refractivity (Wildman–Crippen MR) is 127 cm³/mol. The van der Waals surface area contributed by atoms with Crippen LogP contribution in [0.25, 0.3) is 0 Å². The van der Waals surface area contributed by atoms with E-state index in [2.05, 4.69) is 15.7 Å². The number of hydrogen-bond acceptors (Lipinski definition) is 7. The molecular formula is C24H31N5O6. The number of aryl methyl sites for hydroxylation is 2. The Balaban J connectivity index is 1.42. The Labute approximate surface area is 203 Å². The van der Waals surface area contributed by atoms with E-state index in [0.29, 0.717) is 35.5 Å². The summed E-state index contributed by atoms with van der Waals surface area (Å²) in [6.07, 6.45) is 2.64. The van der Waals surface area contributed by atoms with E-state index in [-0.39, 0.29) is 55.6 Å². The van der Waals surface area contributed by atoms with Crippen LogP contribution in [0, 0.1) is 6.92 Å². The Hall–Kier alpha value is -3.44. The molecule has 3 atom stereocenters. The molecule has 4 rings (SSSR count). The zero-order valence-corrected chi connectivity index (χ0v) is 20.4. The second-order valence-electron chi connectivity index (χ2n) is 8.91. The zero-order chi connectivity index (χ0) is 25.1. The Morgan fingerprint density at radius 2 is 2.00 bits per heavy atom. The number of carbonyl (C=O) groups is 3. The monoisotopic (exact) mass is 485 g/mol. The molecule has 188 valence electrons. The van der Waals surface area contributed by atoms with Gasteiger partial charge in [0.15, 0.2) is 0 Å². The van der Waals surface area contributed by atoms with E-state index in [1.165, 1.54) is 7.11 Å². The summed E-state index contributed by atoms with van der Waals surface area (Å²) in [5.74, 6) is -0.256. The average molecular weight is 486 g/mol. The summed E-state index contributed by atoms with van der Waals surface area (Å²) in [6, 6.07) is 4.75. The fraction of sp³-hybridized carbons (Fsp3) is 0.500. The van der Waals surface area contributed by atoms with Crippen LogP contribution in [0.4, 0.5) is 11.4 Å². The number of rotatable bonds is 6. The second kappa shape index (κ2) is 10.4. The summed E-state index contributed by atoms with van der Waals surface area (Å²) in [7, 11) is 4.98. The molecule has 0 aliphatic carbocycles. The van der Waals surface area contributed by atoms with Gasteiger partial charge in [0, 0.05) is 33.1 Å². The highest BCUT2D eigenvalue weighted by Crippen LogP contribution is 2.32. The van der Waals surface area contributed by atoms with Crippen molar-refractivity contribution in [2.24, 2.45) is 7.05 Å². The molecule has 0 spiro atoms. The highest BCUT2D eigenvalue weighted by molar-refractivity contribution is 6.00. The number of hydrogen-bond donors (Lipinski definition) is 2. The minimum Gasteiger partial charge on any atom is -0.490 e. The van der Waals surface area contributed by atoms with Crippen LogP contribution < -0.4 is 15.4 Å². The molecule has 2 aromatic rings. The van der Waals surface area contributed by atoms with Crippen LogP contribution in [0.15, 0.2) is 24.4 Å². The van der Waals surface area contributed by atoms with E-state index in [1.807, 2.05) is 6.92 Å². The normalized spacial score (nSPS) is 21.8. The van der Waals surface area contributed by atoms with Gasteiger partial charge in [-0.1, -0.05) is 0 Å². The van der Waals surface area contributed by atoms with Crippen molar-refractivity contribution >= 4 is 29.1 Å². The molecule has 1 fully saturated rings. The molecule has 1 aromatic carbocycles. The maximum absolute atomic E-state index is 13.3. The molecule has 35 heavy (non-hydrogen) atoms. The first-order valence-corrected chi connectivity index (χ1v) is 11.5. The largest absolute Gasteiger partial charge is 0.490 e. The van der Waals surface area contributed by atoms with Crippen molar-refractivity contribution in [2.45, 2.75) is 44.4 Å². The van der Waals surface area contributed by atoms with E-state index < -0.39 is 0 Å². The first-order valence-electron chi connectivity index (χ1n) is 11.5. The van der Waals surface area contributed by atoms with Crippen LogP contribution in [0.1, 0.15) is 35.3 Å². The van der Waals surface area contributed by atoms with Crippen molar-refractivity contribution in [3.8, 4) is 5.75 Å². The first-order chi connectivity index (χ1) is 16.7. The molecule has 0 saturated carbocycles. The van der Waals surface area contributed by atoms with Gasteiger partial charge < -0.3 is 29.7 Å². The van der Waals surface area contributed by atoms with Crippen LogP contribution in [-0.2, 0) is 26.1 Å². The number of likely N-dealkylation sites (N-methyl/N-ethyl adjacent to an activating group) is 1. The fourth-order valence-corrected chi connectivity index (χ4v) is 4.56. The van der Waals surface area contributed by atoms with Gasteiger partial charge in [-0.15, -0.1) is 0 Å². The summed E-state index contributed by atoms with van der Waals surface area (Å²) in [5, 5.41) is 9.84. The molecule has 2 aliphatic heterocycles. The van der Waals surface area contributed by atoms with Gasteiger partial charge in [-0.3, -0.25) is 19.1 Å². The maximum atomic E-state index is 13.3. The second-order valence-corrected chi connectivity index (χ2v) is 8.91. The molecule has 2 aliphatic rings. The van der Waals surface area contributed by atoms with Gasteiger partial charge in [-0.05, 0) is 38.0 Å². The summed E-state index contributed by atoms with van der Waals surface area (Å²) < 4.78 is 18.7. The van der Waals surface area contributed by atoms with Gasteiger partial charge in [0.05, 0.1) is 35.5 Å². The number of anilines is 2. The van der Waals surface area contributed by atoms with Gasteiger partial charge in [0.2, 0.25) is 11.8 Å². The van der Waals surface area contributed by atoms with E-state index in [0.717, 1.165) is 5.69 Å². The molecule has 1 aromatic heterocycles. The number of nitrogens with one attached hydrogen (secondary N) is 2. The molecule has 0 unspecified atom stereocenters. The molecule has 0 bridgehead atoms. The third kappa shape index (κ3) is 5.63. The zero-order valence-electron chi connectivity index (χ0n) is 20.4. The van der Waals surface area contributed by atoms with Crippen molar-refractivity contribution in [1.29, 1.82) is 0 Å². The van der Waals surface area contributed by atoms with Crippen LogP contribution >= 0.6 is 0 Å². The van der Waals surface area contributed by atoms with Gasteiger partial charge >= 0.3 is 0 Å². The summed E-state index contributed by atoms with van der Waals surface area (Å²) in [6.45, 7) is 2.00. The molecule has 1 saturated heterocycles. The van der Waals surface area contributed by atoms with Crippen LogP contribution in [0.5, 0.6) is 5.75 Å². The lowest BCUT2D eigenvalue weighted by atomic mass is 9.94. The molecule has 3 amide bonds. The average Bonchev–Trinajstić information content (AvgIpc) is 3.12. The van der Waals surface area contributed by atoms with Crippen LogP contribution in [0.2, 0.25) is 0 Å². The van der Waals surface area contributed by atoms with Gasteiger partial charge in [0.1, 0.15) is 25.1 Å². The fourth-order valence-electron chi connectivity index (χ4n) is 4.56. The van der Waals surface area contributed by atoms with Crippen molar-refractivity contribution in [3.63, 3.8) is 0 Å². The Morgan fingerprint density at radius 1 is 1.20 bits per heavy atom. The number of carbonyl (C=O) groups excluding carboxylic acids is 3. The maximum Gasteiger partial charge on any atom is 0.257 e. The Bertz CT molecular complexity index is 1120. The molecule has 11 nitrogen and oxygen atoms in total. The number of ether oxygens (including phenoxy) is 3. The quantitative estimate of drug-likeness (QED) is 0.638. The highest BCUT2D eigenvalue weighted by Gasteiger charge is 2.39. The van der Waals surface area contributed by atoms with E-state index in [4.69, 9.17) is 14.2 Å². The minimum atomic E-state index is -0.370. The van der Waals surface area contributed by atoms with Crippen molar-refractivity contribution < 1.29 is 28.6 Å². The standard InChI is InChI=1S/C24H31N5O6/c1-14-18(11-28(2)27-14)26-22(30)10-16-6-7-19-21(35-16)12-34-20-8-5-15(25-23(31)13-33-4)9-17(20)24(32)29(19)3/h5,8-9,11,16,19,21H,6-7,10,12-13H2,1-4H3,(H,25,31)(H,26,30)/t16-,19-,21-/m0/s1. The number of methoxy groups -OCH3 is 1. The van der Waals surface area contributed by atoms with Crippen molar-refractivity contribution in [2.75, 3.05) is 38.0 Å². The SMILES string of the molecule is COCC(=O)Nc1ccc2c(c1)C(=O)N(C)[C@H]1CC[C@@H](CC(=O)Nc3cn(C)nc3C)O[C@H]1CO2. The Morgan fingerprint density at radius 3 is 2.71 bits per heavy atom. The van der Waals surface area contributed by atoms with Gasteiger partial charge in [-0.25, -0.2) is 0 Å². The third-order valence-electron chi connectivity index (χ3n) is 6.27. The lowest BCUT2D eigenvalue weighted by Gasteiger charge is -2.42. The molecule has 0 radical (unpaired) electrons. The number of aromatic nitrogens is 2. The minimum absolute atomic E-state index is 0.0798. The van der Waals surface area contributed by atoms with Gasteiger partial charge in [0.25, 0.3) is 5.91 Å². The number of nitrogens with zero attached hydrogens (tertiary/aromatic N) is 3. The molecule has 2 N–H and O–H groups in total. The van der Waals surface area contributed by atoms with Gasteiger partial charge in [-0.2, -0.15) is 5.10 Å². The number of fused-ring (bicyclic) bond motifs is 2. The summed E-state index contributed by atoms with van der Waals surface area (Å²) in [4.78, 5) is 39.4. The number of amides is 3. The third-order valence-corrected chi connectivity index (χ3v) is 6.27. The van der Waals surface area contributed by atoms with Crippen molar-refractivity contribution in [1.82, 2.24) is 14.7 Å². The van der Waals surface area contributed by atoms with Crippen molar-refractivity contribution in [3.05, 3.63) is 35.7 Å². The first kappa shape index (κ1) is 24.7. The molecule has 11 heteroatoms. The van der Waals surface area contributed by atoms with E-state index in [1.54, 1.807) is 48.1 Å². The van der Waals surface area contributed by atoms with Crippen LogP contribution in [-0.4, -0.2) is 78.0 Å². The number of benzene rings is 1. The highest BCUT2D eigenvalue weighted by atomic mass is 16.5. The lowest BCUT2D eigenvalue weighted by Crippen LogP contribution is -2.53. The predicted octanol–water partition coefficient (Wildman–Crippen LogP) is 1.72. The van der Waals surface area contributed by atoms with E-state index >= 15 is 0 Å². The lowest BCUT2D eigenvalue weighted by molar-refractivity contribution is -0.130. The Kier molecular flexibility index (Phi) is 7.37. The summed E-state index contributed by atoms with van der Waals surface area (Å²) in [5.41, 5.74) is 2.29. The van der Waals surface area contributed by atoms with Crippen LogP contribution in [0.3, 0.4) is 0 Å². The smallest absolute Gasteiger partial charge is 0.257 e. The molecule has 3 heterocycles.